The van der Waals surface area contributed by atoms with Crippen molar-refractivity contribution in [3.63, 3.8) is 0 Å². The molecule has 100 valence electrons. The van der Waals surface area contributed by atoms with E-state index in [-0.39, 0.29) is 0 Å². The van der Waals surface area contributed by atoms with Gasteiger partial charge in [0.25, 0.3) is 0 Å². The highest BCUT2D eigenvalue weighted by molar-refractivity contribution is 5.19. The zero-order chi connectivity index (χ0) is 12.6. The van der Waals surface area contributed by atoms with Crippen molar-refractivity contribution in [2.75, 3.05) is 0 Å². The first-order valence-electron chi connectivity index (χ1n) is 7.95. The van der Waals surface area contributed by atoms with E-state index in [0.29, 0.717) is 0 Å². The van der Waals surface area contributed by atoms with Crippen molar-refractivity contribution in [1.82, 2.24) is 0 Å². The van der Waals surface area contributed by atoms with E-state index in [1.54, 1.807) is 5.56 Å². The summed E-state index contributed by atoms with van der Waals surface area (Å²) >= 11 is 0. The molecule has 0 nitrogen and oxygen atoms in total. The topological polar surface area (TPSA) is 0 Å². The van der Waals surface area contributed by atoms with Gasteiger partial charge in [0, 0.05) is 0 Å². The van der Waals surface area contributed by atoms with Gasteiger partial charge < -0.3 is 0 Å². The van der Waals surface area contributed by atoms with Gasteiger partial charge in [0.15, 0.2) is 0 Å². The summed E-state index contributed by atoms with van der Waals surface area (Å²) in [5.41, 5.74) is 1.57. The van der Waals surface area contributed by atoms with E-state index >= 15 is 0 Å². The minimum absolute atomic E-state index is 0.845. The normalized spacial score (nSPS) is 24.1. The Morgan fingerprint density at radius 2 is 1.61 bits per heavy atom. The summed E-state index contributed by atoms with van der Waals surface area (Å²) in [6.45, 7) is 2.30. The predicted molar refractivity (Wildman–Crippen MR) is 79.9 cm³/mol. The molecule has 18 heavy (non-hydrogen) atoms. The first-order valence-corrected chi connectivity index (χ1v) is 7.95. The fourth-order valence-electron chi connectivity index (χ4n) is 3.37. The van der Waals surface area contributed by atoms with E-state index in [9.17, 15) is 0 Å². The SMILES string of the molecule is CCCCCCC1CCC(c2ccccc2)CC1. The minimum atomic E-state index is 0.845. The van der Waals surface area contributed by atoms with Crippen LogP contribution in [0.1, 0.15) is 76.2 Å². The highest BCUT2D eigenvalue weighted by Gasteiger charge is 2.21. The van der Waals surface area contributed by atoms with Gasteiger partial charge in [-0.15, -0.1) is 0 Å². The number of unbranched alkanes of at least 4 members (excludes halogenated alkanes) is 3. The largest absolute Gasteiger partial charge is 0.0654 e. The van der Waals surface area contributed by atoms with Gasteiger partial charge in [0.1, 0.15) is 0 Å². The molecule has 1 aromatic rings. The first kappa shape index (κ1) is 13.6. The average molecular weight is 244 g/mol. The molecule has 0 saturated heterocycles. The van der Waals surface area contributed by atoms with Crippen LogP contribution < -0.4 is 0 Å². The van der Waals surface area contributed by atoms with E-state index in [4.69, 9.17) is 0 Å². The second-order valence-electron chi connectivity index (χ2n) is 5.98. The third-order valence-electron chi connectivity index (χ3n) is 4.58. The fraction of sp³-hybridized carbons (Fsp3) is 0.667. The zero-order valence-corrected chi connectivity index (χ0v) is 11.9. The van der Waals surface area contributed by atoms with Crippen molar-refractivity contribution < 1.29 is 0 Å². The Labute approximate surface area is 113 Å². The molecule has 0 aliphatic heterocycles. The Morgan fingerprint density at radius 3 is 2.28 bits per heavy atom. The van der Waals surface area contributed by atoms with E-state index in [1.165, 1.54) is 57.8 Å². The molecule has 1 aliphatic carbocycles. The van der Waals surface area contributed by atoms with Gasteiger partial charge in [0.05, 0.1) is 0 Å². The van der Waals surface area contributed by atoms with Crippen molar-refractivity contribution in [3.8, 4) is 0 Å². The van der Waals surface area contributed by atoms with Crippen LogP contribution in [0.25, 0.3) is 0 Å². The standard InChI is InChI=1S/C18H28/c1-2-3-4-6-9-16-12-14-18(15-13-16)17-10-7-5-8-11-17/h5,7-8,10-11,16,18H,2-4,6,9,12-15H2,1H3. The lowest BCUT2D eigenvalue weighted by Gasteiger charge is -2.28. The molecular weight excluding hydrogens is 216 g/mol. The van der Waals surface area contributed by atoms with Gasteiger partial charge in [-0.3, -0.25) is 0 Å². The minimum Gasteiger partial charge on any atom is -0.0654 e. The van der Waals surface area contributed by atoms with Crippen LogP contribution in [0.4, 0.5) is 0 Å². The van der Waals surface area contributed by atoms with Crippen LogP contribution in [0.15, 0.2) is 30.3 Å². The number of benzene rings is 1. The van der Waals surface area contributed by atoms with Gasteiger partial charge in [-0.1, -0.05) is 69.4 Å². The molecule has 0 radical (unpaired) electrons. The van der Waals surface area contributed by atoms with Crippen molar-refractivity contribution in [2.24, 2.45) is 5.92 Å². The lowest BCUT2D eigenvalue weighted by atomic mass is 9.77. The summed E-state index contributed by atoms with van der Waals surface area (Å²) in [5.74, 6) is 1.87. The quantitative estimate of drug-likeness (QED) is 0.544. The van der Waals surface area contributed by atoms with Crippen LogP contribution >= 0.6 is 0 Å². The van der Waals surface area contributed by atoms with Gasteiger partial charge >= 0.3 is 0 Å². The van der Waals surface area contributed by atoms with Gasteiger partial charge in [0.2, 0.25) is 0 Å². The molecule has 0 heteroatoms. The molecule has 2 rings (SSSR count). The third-order valence-corrected chi connectivity index (χ3v) is 4.58. The van der Waals surface area contributed by atoms with E-state index < -0.39 is 0 Å². The van der Waals surface area contributed by atoms with Crippen LogP contribution in [0, 0.1) is 5.92 Å². The second-order valence-corrected chi connectivity index (χ2v) is 5.98. The maximum absolute atomic E-state index is 2.31. The molecule has 0 unspecified atom stereocenters. The highest BCUT2D eigenvalue weighted by Crippen LogP contribution is 2.37. The lowest BCUT2D eigenvalue weighted by molar-refractivity contribution is 0.302. The molecule has 1 aromatic carbocycles. The predicted octanol–water partition coefficient (Wildman–Crippen LogP) is 5.93. The highest BCUT2D eigenvalue weighted by atomic mass is 14.3. The van der Waals surface area contributed by atoms with Crippen LogP contribution in [0.5, 0.6) is 0 Å². The molecule has 0 atom stereocenters. The second kappa shape index (κ2) is 7.61. The van der Waals surface area contributed by atoms with Gasteiger partial charge in [-0.2, -0.15) is 0 Å². The summed E-state index contributed by atoms with van der Waals surface area (Å²) in [5, 5.41) is 0. The summed E-state index contributed by atoms with van der Waals surface area (Å²) in [4.78, 5) is 0. The lowest BCUT2D eigenvalue weighted by Crippen LogP contribution is -2.13. The van der Waals surface area contributed by atoms with Crippen molar-refractivity contribution in [3.05, 3.63) is 35.9 Å². The average Bonchev–Trinajstić information content (AvgIpc) is 2.45. The van der Waals surface area contributed by atoms with Crippen LogP contribution in [-0.2, 0) is 0 Å². The zero-order valence-electron chi connectivity index (χ0n) is 11.9. The van der Waals surface area contributed by atoms with Gasteiger partial charge in [-0.05, 0) is 43.1 Å². The smallest absolute Gasteiger partial charge is 0.0162 e. The number of hydrogen-bond acceptors (Lipinski definition) is 0. The Kier molecular flexibility index (Phi) is 5.77. The molecule has 1 fully saturated rings. The first-order chi connectivity index (χ1) is 8.90. The summed E-state index contributed by atoms with van der Waals surface area (Å²) < 4.78 is 0. The molecular formula is C18H28. The maximum atomic E-state index is 2.31. The fourth-order valence-corrected chi connectivity index (χ4v) is 3.37. The van der Waals surface area contributed by atoms with Crippen molar-refractivity contribution in [2.45, 2.75) is 70.6 Å². The maximum Gasteiger partial charge on any atom is -0.0162 e. The summed E-state index contributed by atoms with van der Waals surface area (Å²) in [6.07, 6.45) is 13.0. The molecule has 1 saturated carbocycles. The number of rotatable bonds is 6. The molecule has 1 aliphatic rings. The number of hydrogen-bond donors (Lipinski definition) is 0. The molecule has 0 amide bonds. The molecule has 0 spiro atoms. The van der Waals surface area contributed by atoms with E-state index in [2.05, 4.69) is 37.3 Å². The molecule has 0 N–H and O–H groups in total. The van der Waals surface area contributed by atoms with Crippen LogP contribution in [-0.4, -0.2) is 0 Å². The monoisotopic (exact) mass is 244 g/mol. The Hall–Kier alpha value is -0.780. The Morgan fingerprint density at radius 1 is 0.889 bits per heavy atom. The van der Waals surface area contributed by atoms with Gasteiger partial charge in [-0.25, -0.2) is 0 Å². The Balaban J connectivity index is 1.68. The van der Waals surface area contributed by atoms with Crippen molar-refractivity contribution in [1.29, 1.82) is 0 Å². The van der Waals surface area contributed by atoms with Crippen LogP contribution in [0.3, 0.4) is 0 Å². The summed E-state index contributed by atoms with van der Waals surface area (Å²) in [7, 11) is 0. The van der Waals surface area contributed by atoms with Crippen LogP contribution in [0.2, 0.25) is 0 Å². The van der Waals surface area contributed by atoms with E-state index in [1.807, 2.05) is 0 Å². The van der Waals surface area contributed by atoms with Crippen molar-refractivity contribution >= 4 is 0 Å². The molecule has 0 bridgehead atoms. The molecule has 0 heterocycles. The van der Waals surface area contributed by atoms with E-state index in [0.717, 1.165) is 11.8 Å². The molecule has 0 aromatic heterocycles. The Bertz CT molecular complexity index is 306. The third kappa shape index (κ3) is 4.15. The summed E-state index contributed by atoms with van der Waals surface area (Å²) in [6, 6.07) is 11.1.